The van der Waals surface area contributed by atoms with Crippen molar-refractivity contribution in [1.29, 1.82) is 0 Å². The van der Waals surface area contributed by atoms with Gasteiger partial charge >= 0.3 is 11.6 Å². The van der Waals surface area contributed by atoms with E-state index >= 15 is 0 Å². The van der Waals surface area contributed by atoms with Gasteiger partial charge in [-0.1, -0.05) is 29.8 Å². The molecule has 0 aliphatic carbocycles. The lowest BCUT2D eigenvalue weighted by atomic mass is 10.1. The Morgan fingerprint density at radius 1 is 1.14 bits per heavy atom. The zero-order valence-electron chi connectivity index (χ0n) is 12.6. The molecule has 0 atom stereocenters. The van der Waals surface area contributed by atoms with Gasteiger partial charge in [0.2, 0.25) is 5.27 Å². The van der Waals surface area contributed by atoms with E-state index in [1.54, 1.807) is 4.68 Å². The molecule has 0 spiro atoms. The van der Waals surface area contributed by atoms with E-state index in [-0.39, 0.29) is 5.88 Å². The van der Waals surface area contributed by atoms with Crippen LogP contribution in [0.4, 0.5) is 5.88 Å². The van der Waals surface area contributed by atoms with E-state index in [9.17, 15) is 0 Å². The molecule has 0 saturated heterocycles. The molecule has 5 nitrogen and oxygen atoms in total. The molecule has 2 aromatic carbocycles. The number of aromatic nitrogens is 2. The van der Waals surface area contributed by atoms with Gasteiger partial charge < -0.3 is 10.5 Å². The van der Waals surface area contributed by atoms with Crippen LogP contribution in [0.15, 0.2) is 53.1 Å². The van der Waals surface area contributed by atoms with Crippen molar-refractivity contribution < 1.29 is 13.9 Å². The summed E-state index contributed by atoms with van der Waals surface area (Å²) in [7, 11) is 0. The molecule has 0 saturated carbocycles. The Morgan fingerprint density at radius 3 is 2.59 bits per heavy atom. The van der Waals surface area contributed by atoms with Crippen LogP contribution >= 0.6 is 0 Å². The number of hydrogen-bond acceptors (Lipinski definition) is 4. The molecule has 1 heterocycles. The first-order valence-corrected chi connectivity index (χ1v) is 7.17. The molecule has 0 radical (unpaired) electrons. The maximum atomic E-state index is 5.98. The molecular weight excluding hydrogens is 278 g/mol. The number of nitrogen functional groups attached to an aromatic ring is 1. The molecule has 0 unspecified atom stereocenters. The minimum absolute atomic E-state index is 0.273. The number of aryl methyl sites for hydroxylation is 1. The van der Waals surface area contributed by atoms with Gasteiger partial charge in [0, 0.05) is 6.07 Å². The van der Waals surface area contributed by atoms with Crippen LogP contribution in [-0.2, 0) is 0 Å². The second-order valence-electron chi connectivity index (χ2n) is 4.96. The van der Waals surface area contributed by atoms with Crippen LogP contribution in [0.25, 0.3) is 16.9 Å². The summed E-state index contributed by atoms with van der Waals surface area (Å²) >= 11 is 0. The fourth-order valence-corrected chi connectivity index (χ4v) is 2.32. The van der Waals surface area contributed by atoms with Crippen molar-refractivity contribution in [3.05, 3.63) is 54.1 Å². The number of ether oxygens (including phenoxy) is 1. The van der Waals surface area contributed by atoms with E-state index in [1.807, 2.05) is 62.4 Å². The number of anilines is 1. The van der Waals surface area contributed by atoms with Gasteiger partial charge in [0.05, 0.1) is 12.2 Å². The molecule has 5 heteroatoms. The topological polar surface area (TPSA) is 65.2 Å². The largest absolute Gasteiger partial charge is 0.487 e. The van der Waals surface area contributed by atoms with Crippen molar-refractivity contribution in [2.24, 2.45) is 0 Å². The number of hydrogen-bond donors (Lipinski definition) is 1. The summed E-state index contributed by atoms with van der Waals surface area (Å²) in [6.45, 7) is 4.56. The SMILES string of the molecule is CCOc1ccccc1-[n+]1noc(N)c1-c1ccc(C)cc1. The molecule has 22 heavy (non-hydrogen) atoms. The summed E-state index contributed by atoms with van der Waals surface area (Å²) in [5.74, 6) is 1.01. The van der Waals surface area contributed by atoms with Gasteiger partial charge in [0.15, 0.2) is 5.75 Å². The monoisotopic (exact) mass is 296 g/mol. The molecule has 0 fully saturated rings. The summed E-state index contributed by atoms with van der Waals surface area (Å²) in [5, 5.41) is 4.06. The first-order valence-electron chi connectivity index (χ1n) is 7.17. The summed E-state index contributed by atoms with van der Waals surface area (Å²) in [6.07, 6.45) is 0. The predicted molar refractivity (Wildman–Crippen MR) is 83.8 cm³/mol. The Morgan fingerprint density at radius 2 is 1.86 bits per heavy atom. The van der Waals surface area contributed by atoms with E-state index in [1.165, 1.54) is 5.56 Å². The lowest BCUT2D eigenvalue weighted by Crippen LogP contribution is -2.35. The molecule has 2 N–H and O–H groups in total. The van der Waals surface area contributed by atoms with Crippen molar-refractivity contribution in [2.45, 2.75) is 13.8 Å². The Hall–Kier alpha value is -2.82. The lowest BCUT2D eigenvalue weighted by Gasteiger charge is -2.03. The van der Waals surface area contributed by atoms with Crippen molar-refractivity contribution in [2.75, 3.05) is 12.3 Å². The fourth-order valence-electron chi connectivity index (χ4n) is 2.32. The maximum Gasteiger partial charge on any atom is 0.311 e. The van der Waals surface area contributed by atoms with Crippen molar-refractivity contribution >= 4 is 5.88 Å². The average Bonchev–Trinajstić information content (AvgIpc) is 2.91. The van der Waals surface area contributed by atoms with Crippen LogP contribution < -0.4 is 15.2 Å². The zero-order chi connectivity index (χ0) is 15.5. The third-order valence-corrected chi connectivity index (χ3v) is 3.38. The number of benzene rings is 2. The van der Waals surface area contributed by atoms with Gasteiger partial charge in [-0.25, -0.2) is 0 Å². The molecule has 3 rings (SSSR count). The molecule has 0 bridgehead atoms. The van der Waals surface area contributed by atoms with Gasteiger partial charge in [-0.05, 0) is 36.7 Å². The lowest BCUT2D eigenvalue weighted by molar-refractivity contribution is -0.660. The van der Waals surface area contributed by atoms with E-state index < -0.39 is 0 Å². The predicted octanol–water partition coefficient (Wildman–Crippen LogP) is 2.91. The Labute approximate surface area is 128 Å². The molecule has 3 aromatic rings. The molecule has 1 aromatic heterocycles. The van der Waals surface area contributed by atoms with E-state index in [0.717, 1.165) is 17.0 Å². The van der Waals surface area contributed by atoms with Gasteiger partial charge in [-0.15, -0.1) is 0 Å². The Bertz CT molecular complexity index is 779. The first-order chi connectivity index (χ1) is 10.7. The quantitative estimate of drug-likeness (QED) is 0.752. The summed E-state index contributed by atoms with van der Waals surface area (Å²) in [6, 6.07) is 15.7. The number of para-hydroxylation sites is 2. The van der Waals surface area contributed by atoms with Crippen molar-refractivity contribution in [3.8, 4) is 22.7 Å². The van der Waals surface area contributed by atoms with E-state index in [0.29, 0.717) is 12.3 Å². The Kier molecular flexibility index (Phi) is 3.78. The maximum absolute atomic E-state index is 5.98. The molecular formula is C17H18N3O2+. The van der Waals surface area contributed by atoms with Crippen LogP contribution in [0.2, 0.25) is 0 Å². The summed E-state index contributed by atoms with van der Waals surface area (Å²) < 4.78 is 12.5. The number of rotatable bonds is 4. The zero-order valence-corrected chi connectivity index (χ0v) is 12.6. The number of nitrogens with zero attached hydrogens (tertiary/aromatic N) is 2. The highest BCUT2D eigenvalue weighted by molar-refractivity contribution is 5.66. The van der Waals surface area contributed by atoms with Crippen LogP contribution in [-0.4, -0.2) is 11.9 Å². The standard InChI is InChI=1S/C17H18N3O2/c1-3-21-15-7-5-4-6-14(15)20-16(17(18)22-19-20)13-10-8-12(2)9-11-13/h4-11H,3,18H2,1-2H3/q+1. The van der Waals surface area contributed by atoms with Crippen LogP contribution in [0.3, 0.4) is 0 Å². The van der Waals surface area contributed by atoms with Crippen LogP contribution in [0.5, 0.6) is 5.75 Å². The average molecular weight is 296 g/mol. The van der Waals surface area contributed by atoms with Crippen LogP contribution in [0, 0.1) is 6.92 Å². The highest BCUT2D eigenvalue weighted by Gasteiger charge is 2.29. The molecule has 0 aliphatic rings. The highest BCUT2D eigenvalue weighted by Crippen LogP contribution is 2.26. The smallest absolute Gasteiger partial charge is 0.311 e. The van der Waals surface area contributed by atoms with E-state index in [4.69, 9.17) is 15.0 Å². The Balaban J connectivity index is 2.16. The molecule has 0 amide bonds. The van der Waals surface area contributed by atoms with E-state index in [2.05, 4.69) is 5.27 Å². The van der Waals surface area contributed by atoms with Crippen molar-refractivity contribution in [3.63, 3.8) is 0 Å². The summed E-state index contributed by atoms with van der Waals surface area (Å²) in [5.41, 5.74) is 9.61. The second kappa shape index (κ2) is 5.89. The van der Waals surface area contributed by atoms with Gasteiger partial charge in [-0.3, -0.25) is 4.52 Å². The van der Waals surface area contributed by atoms with Gasteiger partial charge in [0.25, 0.3) is 5.69 Å². The second-order valence-corrected chi connectivity index (χ2v) is 4.96. The normalized spacial score (nSPS) is 10.6. The first kappa shape index (κ1) is 14.1. The third kappa shape index (κ3) is 2.53. The summed E-state index contributed by atoms with van der Waals surface area (Å²) in [4.78, 5) is 0. The molecule has 0 aliphatic heterocycles. The van der Waals surface area contributed by atoms with Crippen LogP contribution in [0.1, 0.15) is 12.5 Å². The molecule has 112 valence electrons. The van der Waals surface area contributed by atoms with Crippen molar-refractivity contribution in [1.82, 2.24) is 5.27 Å². The number of nitrogens with two attached hydrogens (primary N) is 1. The highest BCUT2D eigenvalue weighted by atomic mass is 16.5. The third-order valence-electron chi connectivity index (χ3n) is 3.38. The van der Waals surface area contributed by atoms with Gasteiger partial charge in [0.1, 0.15) is 0 Å². The minimum atomic E-state index is 0.273. The van der Waals surface area contributed by atoms with Gasteiger partial charge in [-0.2, -0.15) is 0 Å². The minimum Gasteiger partial charge on any atom is -0.487 e. The fraction of sp³-hybridized carbons (Fsp3) is 0.176.